The fraction of sp³-hybridized carbons (Fsp3) is 0.167. The third-order valence-corrected chi connectivity index (χ3v) is 7.88. The van der Waals surface area contributed by atoms with Gasteiger partial charge in [0.1, 0.15) is 22.4 Å². The van der Waals surface area contributed by atoms with Crippen molar-refractivity contribution in [3.05, 3.63) is 94.8 Å². The molecule has 0 aliphatic rings. The number of furan rings is 1. The first-order chi connectivity index (χ1) is 18.7. The third kappa shape index (κ3) is 5.45. The van der Waals surface area contributed by atoms with Crippen molar-refractivity contribution < 1.29 is 35.9 Å². The Morgan fingerprint density at radius 2 is 1.40 bits per heavy atom. The molecule has 0 bridgehead atoms. The first-order valence-corrected chi connectivity index (χ1v) is 12.7. The number of nitrogens with one attached hydrogen (secondary N) is 1. The highest BCUT2D eigenvalue weighted by Gasteiger charge is 2.27. The van der Waals surface area contributed by atoms with E-state index in [-0.39, 0.29) is 66.1 Å². The second-order valence-electron chi connectivity index (χ2n) is 8.16. The molecule has 2 aromatic heterocycles. The van der Waals surface area contributed by atoms with Crippen molar-refractivity contribution in [2.24, 2.45) is 0 Å². The molecule has 0 unspecified atom stereocenters. The zero-order chi connectivity index (χ0) is 29.6. The molecule has 1 N–H and O–H groups in total. The molecule has 0 saturated heterocycles. The summed E-state index contributed by atoms with van der Waals surface area (Å²) in [5.74, 6) is -11.2. The lowest BCUT2D eigenvalue weighted by atomic mass is 10.1. The van der Waals surface area contributed by atoms with Gasteiger partial charge in [-0.15, -0.1) is 0 Å². The van der Waals surface area contributed by atoms with Gasteiger partial charge in [-0.1, -0.05) is 58.0 Å². The third-order valence-electron chi connectivity index (χ3n) is 5.64. The number of anilines is 1. The molecule has 0 saturated carbocycles. The van der Waals surface area contributed by atoms with E-state index in [1.807, 2.05) is 0 Å². The normalized spacial score (nSPS) is 11.3. The van der Waals surface area contributed by atoms with Crippen molar-refractivity contribution in [2.45, 2.75) is 27.0 Å². The Balaban J connectivity index is 1.50. The number of carbonyl (C=O) groups is 1. The van der Waals surface area contributed by atoms with Crippen LogP contribution < -0.4 is 10.1 Å². The fourth-order valence-corrected chi connectivity index (χ4v) is 4.81. The van der Waals surface area contributed by atoms with Gasteiger partial charge in [0.2, 0.25) is 5.82 Å². The summed E-state index contributed by atoms with van der Waals surface area (Å²) in [5, 5.41) is 6.23. The lowest BCUT2D eigenvalue weighted by Crippen LogP contribution is -2.14. The summed E-state index contributed by atoms with van der Waals surface area (Å²) in [5.41, 5.74) is -0.581. The number of amides is 1. The molecule has 2 aromatic carbocycles. The van der Waals surface area contributed by atoms with Crippen LogP contribution in [0.5, 0.6) is 5.75 Å². The summed E-state index contributed by atoms with van der Waals surface area (Å²) in [7, 11) is 0. The molecule has 0 atom stereocenters. The van der Waals surface area contributed by atoms with Crippen LogP contribution in [0.2, 0.25) is 25.1 Å². The average molecular weight is 664 g/mol. The highest BCUT2D eigenvalue weighted by Crippen LogP contribution is 2.48. The van der Waals surface area contributed by atoms with Crippen molar-refractivity contribution in [1.82, 2.24) is 9.78 Å². The van der Waals surface area contributed by atoms with Crippen LogP contribution in [0.3, 0.4) is 0 Å². The number of hydrogen-bond donors (Lipinski definition) is 1. The van der Waals surface area contributed by atoms with Gasteiger partial charge in [0, 0.05) is 0 Å². The Labute approximate surface area is 247 Å². The first-order valence-electron chi connectivity index (χ1n) is 10.8. The minimum Gasteiger partial charge on any atom is -0.482 e. The maximum atomic E-state index is 14.1. The summed E-state index contributed by atoms with van der Waals surface area (Å²) < 4.78 is 80.9. The van der Waals surface area contributed by atoms with Crippen molar-refractivity contribution in [2.75, 3.05) is 5.32 Å². The Kier molecular flexibility index (Phi) is 8.82. The number of rotatable bonds is 7. The number of ether oxygens (including phenoxy) is 1. The van der Waals surface area contributed by atoms with Gasteiger partial charge >= 0.3 is 0 Å². The van der Waals surface area contributed by atoms with Crippen LogP contribution in [-0.4, -0.2) is 15.7 Å². The molecule has 1 amide bonds. The molecule has 0 radical (unpaired) electrons. The highest BCUT2D eigenvalue weighted by atomic mass is 35.5. The van der Waals surface area contributed by atoms with Gasteiger partial charge in [-0.2, -0.15) is 5.10 Å². The van der Waals surface area contributed by atoms with E-state index in [1.165, 1.54) is 26.0 Å². The molecule has 40 heavy (non-hydrogen) atoms. The van der Waals surface area contributed by atoms with Crippen LogP contribution in [0, 0.1) is 42.9 Å². The summed E-state index contributed by atoms with van der Waals surface area (Å²) in [6.45, 7) is 1.87. The van der Waals surface area contributed by atoms with Crippen LogP contribution >= 0.6 is 58.0 Å². The van der Waals surface area contributed by atoms with Crippen LogP contribution in [0.25, 0.3) is 0 Å². The molecular formula is C24H13Cl5F5N3O3. The highest BCUT2D eigenvalue weighted by molar-refractivity contribution is 6.55. The Hall–Kier alpha value is -2.70. The van der Waals surface area contributed by atoms with Crippen molar-refractivity contribution in [3.63, 3.8) is 0 Å². The predicted molar refractivity (Wildman–Crippen MR) is 140 cm³/mol. The number of aromatic nitrogens is 2. The van der Waals surface area contributed by atoms with Crippen molar-refractivity contribution in [1.29, 1.82) is 0 Å². The maximum Gasteiger partial charge on any atom is 0.291 e. The molecule has 4 rings (SSSR count). The molecule has 212 valence electrons. The molecule has 6 nitrogen and oxygen atoms in total. The number of carbonyl (C=O) groups excluding carboxylic acids is 1. The first kappa shape index (κ1) is 30.3. The fourth-order valence-electron chi connectivity index (χ4n) is 3.58. The number of nitrogens with zero attached hydrogens (tertiary/aromatic N) is 2. The SMILES string of the molecule is Cc1nn(Cc2c(F)c(F)c(F)c(F)c2F)c(C)c1NC(=O)c1ccc(COc2c(Cl)c(Cl)c(Cl)c(Cl)c2Cl)o1. The van der Waals surface area contributed by atoms with E-state index in [1.54, 1.807) is 0 Å². The Morgan fingerprint density at radius 3 is 1.98 bits per heavy atom. The van der Waals surface area contributed by atoms with E-state index in [9.17, 15) is 26.7 Å². The standard InChI is InChI=1S/C24H13Cl5F5N3O3/c1-7-22(8(2)37(36-7)5-10-17(30)19(32)21(34)20(33)18(10)31)35-24(38)11-4-3-9(40-11)6-39-23-15(28)13(26)12(25)14(27)16(23)29/h3-4H,5-6H2,1-2H3,(H,35,38). The maximum absolute atomic E-state index is 14.1. The van der Waals surface area contributed by atoms with Crippen LogP contribution in [0.1, 0.15) is 33.3 Å². The average Bonchev–Trinajstić information content (AvgIpc) is 3.51. The summed E-state index contributed by atoms with van der Waals surface area (Å²) in [6, 6.07) is 2.77. The Morgan fingerprint density at radius 1 is 0.875 bits per heavy atom. The van der Waals surface area contributed by atoms with E-state index < -0.39 is 47.1 Å². The second kappa shape index (κ2) is 11.7. The van der Waals surface area contributed by atoms with Gasteiger partial charge in [-0.3, -0.25) is 9.48 Å². The molecule has 0 aliphatic heterocycles. The number of hydrogen-bond acceptors (Lipinski definition) is 4. The molecular weight excluding hydrogens is 651 g/mol. The second-order valence-corrected chi connectivity index (χ2v) is 10.0. The summed E-state index contributed by atoms with van der Waals surface area (Å²) in [4.78, 5) is 12.8. The van der Waals surface area contributed by atoms with Crippen LogP contribution in [-0.2, 0) is 13.2 Å². The molecule has 2 heterocycles. The van der Waals surface area contributed by atoms with Gasteiger partial charge in [0.25, 0.3) is 5.91 Å². The van der Waals surface area contributed by atoms with Gasteiger partial charge < -0.3 is 14.5 Å². The minimum atomic E-state index is -2.27. The summed E-state index contributed by atoms with van der Waals surface area (Å²) >= 11 is 30.2. The Bertz CT molecular complexity index is 1620. The van der Waals surface area contributed by atoms with Gasteiger partial charge in [-0.05, 0) is 26.0 Å². The topological polar surface area (TPSA) is 69.3 Å². The van der Waals surface area contributed by atoms with E-state index in [0.29, 0.717) is 0 Å². The molecule has 0 aliphatic carbocycles. The van der Waals surface area contributed by atoms with Crippen molar-refractivity contribution in [3.8, 4) is 5.75 Å². The lowest BCUT2D eigenvalue weighted by Gasteiger charge is -2.12. The predicted octanol–water partition coefficient (Wildman–Crippen LogP) is 8.94. The number of benzene rings is 2. The minimum absolute atomic E-state index is 0.0520. The van der Waals surface area contributed by atoms with Gasteiger partial charge in [-0.25, -0.2) is 22.0 Å². The van der Waals surface area contributed by atoms with Gasteiger partial charge in [0.05, 0.1) is 44.3 Å². The molecule has 0 fully saturated rings. The van der Waals surface area contributed by atoms with E-state index in [4.69, 9.17) is 67.2 Å². The summed E-state index contributed by atoms with van der Waals surface area (Å²) in [6.07, 6.45) is 0. The smallest absolute Gasteiger partial charge is 0.291 e. The van der Waals surface area contributed by atoms with E-state index in [0.717, 1.165) is 4.68 Å². The number of aryl methyl sites for hydroxylation is 1. The van der Waals surface area contributed by atoms with Crippen LogP contribution in [0.4, 0.5) is 27.6 Å². The number of halogens is 10. The quantitative estimate of drug-likeness (QED) is 0.122. The van der Waals surface area contributed by atoms with Crippen LogP contribution in [0.15, 0.2) is 16.5 Å². The largest absolute Gasteiger partial charge is 0.482 e. The van der Waals surface area contributed by atoms with E-state index >= 15 is 0 Å². The lowest BCUT2D eigenvalue weighted by molar-refractivity contribution is 0.0992. The monoisotopic (exact) mass is 661 g/mol. The van der Waals surface area contributed by atoms with Gasteiger partial charge in [0.15, 0.2) is 34.8 Å². The molecule has 4 aromatic rings. The molecule has 0 spiro atoms. The zero-order valence-electron chi connectivity index (χ0n) is 20.0. The molecule has 16 heteroatoms. The van der Waals surface area contributed by atoms with Crippen molar-refractivity contribution >= 4 is 69.6 Å². The van der Waals surface area contributed by atoms with E-state index in [2.05, 4.69) is 10.4 Å². The zero-order valence-corrected chi connectivity index (χ0v) is 23.7.